The van der Waals surface area contributed by atoms with Gasteiger partial charge in [0, 0.05) is 42.1 Å². The third-order valence-corrected chi connectivity index (χ3v) is 5.18. The summed E-state index contributed by atoms with van der Waals surface area (Å²) in [6.45, 7) is 3.28. The first kappa shape index (κ1) is 17.6. The molecule has 1 aliphatic rings. The minimum absolute atomic E-state index is 0.222. The van der Waals surface area contributed by atoms with Gasteiger partial charge in [0.25, 0.3) is 0 Å². The summed E-state index contributed by atoms with van der Waals surface area (Å²) < 4.78 is 2.06. The van der Waals surface area contributed by atoms with E-state index in [2.05, 4.69) is 32.2 Å². The van der Waals surface area contributed by atoms with E-state index in [4.69, 9.17) is 0 Å². The van der Waals surface area contributed by atoms with Gasteiger partial charge in [-0.05, 0) is 67.9 Å². The van der Waals surface area contributed by atoms with Crippen molar-refractivity contribution in [1.29, 1.82) is 0 Å². The highest BCUT2D eigenvalue weighted by molar-refractivity contribution is 6.01. The molecule has 1 aromatic heterocycles. The number of fused-ring (bicyclic) bond motifs is 1. The maximum Gasteiger partial charge on any atom is 0.323 e. The molecule has 0 saturated carbocycles. The monoisotopic (exact) mass is 362 g/mol. The van der Waals surface area contributed by atoms with Gasteiger partial charge >= 0.3 is 6.03 Å². The largest absolute Gasteiger partial charge is 0.351 e. The van der Waals surface area contributed by atoms with Gasteiger partial charge in [-0.15, -0.1) is 0 Å². The number of nitrogens with zero attached hydrogens (tertiary/aromatic N) is 2. The highest BCUT2D eigenvalue weighted by Gasteiger charge is 2.11. The standard InChI is InChI=1S/C22H26N4O/c1-25-13-10-18-15-20(8-9-21(18)25)24-22(27)23-19-7-5-6-17(14-19)16-26-11-3-2-4-12-26/h5-10,13-15H,2-4,11-12,16H2,1H3,(H2,23,24,27). The van der Waals surface area contributed by atoms with Gasteiger partial charge in [0.2, 0.25) is 0 Å². The molecule has 0 atom stereocenters. The van der Waals surface area contributed by atoms with Gasteiger partial charge in [-0.1, -0.05) is 18.6 Å². The van der Waals surface area contributed by atoms with Crippen LogP contribution in [0.2, 0.25) is 0 Å². The molecule has 2 N–H and O–H groups in total. The first-order chi connectivity index (χ1) is 13.2. The fourth-order valence-electron chi connectivity index (χ4n) is 3.78. The van der Waals surface area contributed by atoms with Gasteiger partial charge in [-0.3, -0.25) is 4.90 Å². The maximum atomic E-state index is 12.4. The Morgan fingerprint density at radius 1 is 0.963 bits per heavy atom. The molecule has 140 valence electrons. The van der Waals surface area contributed by atoms with Crippen LogP contribution in [0.15, 0.2) is 54.7 Å². The summed E-state index contributed by atoms with van der Waals surface area (Å²) in [5.41, 5.74) is 3.99. The van der Waals surface area contributed by atoms with Crippen LogP contribution in [-0.4, -0.2) is 28.6 Å². The normalized spacial score (nSPS) is 15.0. The number of piperidine rings is 1. The van der Waals surface area contributed by atoms with E-state index in [1.807, 2.05) is 49.6 Å². The average molecular weight is 362 g/mol. The summed E-state index contributed by atoms with van der Waals surface area (Å²) in [5.74, 6) is 0. The quantitative estimate of drug-likeness (QED) is 0.700. The van der Waals surface area contributed by atoms with Gasteiger partial charge in [-0.25, -0.2) is 4.79 Å². The van der Waals surface area contributed by atoms with Gasteiger partial charge in [-0.2, -0.15) is 0 Å². The van der Waals surface area contributed by atoms with Gasteiger partial charge < -0.3 is 15.2 Å². The van der Waals surface area contributed by atoms with Crippen molar-refractivity contribution in [1.82, 2.24) is 9.47 Å². The number of hydrogen-bond acceptors (Lipinski definition) is 2. The summed E-state index contributed by atoms with van der Waals surface area (Å²) in [6, 6.07) is 15.9. The topological polar surface area (TPSA) is 49.3 Å². The van der Waals surface area contributed by atoms with Crippen LogP contribution in [-0.2, 0) is 13.6 Å². The van der Waals surface area contributed by atoms with E-state index in [0.717, 1.165) is 28.8 Å². The Hall–Kier alpha value is -2.79. The van der Waals surface area contributed by atoms with Gasteiger partial charge in [0.1, 0.15) is 0 Å². The summed E-state index contributed by atoms with van der Waals surface area (Å²) in [6.07, 6.45) is 5.92. The summed E-state index contributed by atoms with van der Waals surface area (Å²) in [5, 5.41) is 6.98. The zero-order chi connectivity index (χ0) is 18.6. The number of benzene rings is 2. The Bertz CT molecular complexity index is 940. The van der Waals surface area contributed by atoms with E-state index in [0.29, 0.717) is 0 Å². The van der Waals surface area contributed by atoms with Crippen molar-refractivity contribution >= 4 is 28.3 Å². The second-order valence-corrected chi connectivity index (χ2v) is 7.32. The second kappa shape index (κ2) is 7.84. The van der Waals surface area contributed by atoms with Crippen LogP contribution in [0.1, 0.15) is 24.8 Å². The summed E-state index contributed by atoms with van der Waals surface area (Å²) in [7, 11) is 2.01. The van der Waals surface area contributed by atoms with E-state index in [9.17, 15) is 4.79 Å². The van der Waals surface area contributed by atoms with Gasteiger partial charge in [0.05, 0.1) is 0 Å². The van der Waals surface area contributed by atoms with Crippen molar-refractivity contribution < 1.29 is 4.79 Å². The smallest absolute Gasteiger partial charge is 0.323 e. The number of carbonyl (C=O) groups excluding carboxylic acids is 1. The van der Waals surface area contributed by atoms with Crippen LogP contribution in [0, 0.1) is 0 Å². The van der Waals surface area contributed by atoms with E-state index < -0.39 is 0 Å². The molecule has 0 bridgehead atoms. The molecule has 4 rings (SSSR count). The molecule has 2 heterocycles. The highest BCUT2D eigenvalue weighted by atomic mass is 16.2. The van der Waals surface area contributed by atoms with E-state index >= 15 is 0 Å². The molecular formula is C22H26N4O. The molecule has 0 unspecified atom stereocenters. The Morgan fingerprint density at radius 3 is 2.56 bits per heavy atom. The van der Waals surface area contributed by atoms with Crippen LogP contribution in [0.5, 0.6) is 0 Å². The number of likely N-dealkylation sites (tertiary alicyclic amines) is 1. The van der Waals surface area contributed by atoms with E-state index in [1.165, 1.54) is 37.9 Å². The van der Waals surface area contributed by atoms with Gasteiger partial charge in [0.15, 0.2) is 0 Å². The summed E-state index contributed by atoms with van der Waals surface area (Å²) >= 11 is 0. The minimum Gasteiger partial charge on any atom is -0.351 e. The SMILES string of the molecule is Cn1ccc2cc(NC(=O)Nc3cccc(CN4CCCCC4)c3)ccc21. The fourth-order valence-corrected chi connectivity index (χ4v) is 3.78. The number of aromatic nitrogens is 1. The van der Waals surface area contributed by atoms with E-state index in [1.54, 1.807) is 0 Å². The predicted octanol–water partition coefficient (Wildman–Crippen LogP) is 4.81. The van der Waals surface area contributed by atoms with Crippen molar-refractivity contribution in [3.63, 3.8) is 0 Å². The number of aryl methyl sites for hydroxylation is 1. The number of urea groups is 1. The van der Waals surface area contributed by atoms with Crippen molar-refractivity contribution in [3.8, 4) is 0 Å². The lowest BCUT2D eigenvalue weighted by Gasteiger charge is -2.26. The molecular weight excluding hydrogens is 336 g/mol. The number of amides is 2. The molecule has 5 heteroatoms. The van der Waals surface area contributed by atoms with Crippen LogP contribution >= 0.6 is 0 Å². The molecule has 0 radical (unpaired) electrons. The molecule has 1 fully saturated rings. The molecule has 0 spiro atoms. The van der Waals surface area contributed by atoms with Crippen LogP contribution in [0.25, 0.3) is 10.9 Å². The van der Waals surface area contributed by atoms with E-state index in [-0.39, 0.29) is 6.03 Å². The van der Waals surface area contributed by atoms with Crippen molar-refractivity contribution in [2.24, 2.45) is 7.05 Å². The first-order valence-corrected chi connectivity index (χ1v) is 9.62. The molecule has 1 saturated heterocycles. The predicted molar refractivity (Wildman–Crippen MR) is 111 cm³/mol. The van der Waals surface area contributed by atoms with Crippen LogP contribution in [0.3, 0.4) is 0 Å². The lowest BCUT2D eigenvalue weighted by molar-refractivity contribution is 0.221. The third-order valence-electron chi connectivity index (χ3n) is 5.18. The zero-order valence-corrected chi connectivity index (χ0v) is 15.7. The number of nitrogens with one attached hydrogen (secondary N) is 2. The minimum atomic E-state index is -0.222. The lowest BCUT2D eigenvalue weighted by Crippen LogP contribution is -2.29. The number of carbonyl (C=O) groups is 1. The molecule has 2 aromatic carbocycles. The molecule has 5 nitrogen and oxygen atoms in total. The lowest BCUT2D eigenvalue weighted by atomic mass is 10.1. The molecule has 2 amide bonds. The zero-order valence-electron chi connectivity index (χ0n) is 15.7. The first-order valence-electron chi connectivity index (χ1n) is 9.62. The number of hydrogen-bond donors (Lipinski definition) is 2. The van der Waals surface area contributed by atoms with Crippen LogP contribution in [0.4, 0.5) is 16.2 Å². The Labute approximate surface area is 160 Å². The van der Waals surface area contributed by atoms with Crippen molar-refractivity contribution in [2.75, 3.05) is 23.7 Å². The van der Waals surface area contributed by atoms with Crippen molar-refractivity contribution in [3.05, 3.63) is 60.3 Å². The highest BCUT2D eigenvalue weighted by Crippen LogP contribution is 2.20. The molecule has 3 aromatic rings. The van der Waals surface area contributed by atoms with Crippen molar-refractivity contribution in [2.45, 2.75) is 25.8 Å². The molecule has 0 aliphatic carbocycles. The van der Waals surface area contributed by atoms with Crippen LogP contribution < -0.4 is 10.6 Å². The summed E-state index contributed by atoms with van der Waals surface area (Å²) in [4.78, 5) is 14.9. The Balaban J connectivity index is 1.38. The second-order valence-electron chi connectivity index (χ2n) is 7.32. The number of anilines is 2. The average Bonchev–Trinajstić information content (AvgIpc) is 3.03. The molecule has 27 heavy (non-hydrogen) atoms. The number of rotatable bonds is 4. The maximum absolute atomic E-state index is 12.4. The third kappa shape index (κ3) is 4.31. The molecule has 1 aliphatic heterocycles. The Kier molecular flexibility index (Phi) is 5.12. The Morgan fingerprint density at radius 2 is 1.74 bits per heavy atom. The fraction of sp³-hybridized carbons (Fsp3) is 0.318.